The lowest BCUT2D eigenvalue weighted by Gasteiger charge is -2.12. The van der Waals surface area contributed by atoms with E-state index in [1.54, 1.807) is 14.2 Å². The number of methoxy groups -OCH3 is 2. The van der Waals surface area contributed by atoms with Crippen LogP contribution >= 0.6 is 0 Å². The highest BCUT2D eigenvalue weighted by atomic mass is 16.5. The fraction of sp³-hybridized carbons (Fsp3) is 0.267. The Morgan fingerprint density at radius 2 is 1.78 bits per heavy atom. The van der Waals surface area contributed by atoms with E-state index in [2.05, 4.69) is 24.0 Å². The van der Waals surface area contributed by atoms with Crippen LogP contribution in [0.3, 0.4) is 0 Å². The predicted octanol–water partition coefficient (Wildman–Crippen LogP) is 3.38. The number of pyridine rings is 1. The highest BCUT2D eigenvalue weighted by molar-refractivity contribution is 5.66. The first kappa shape index (κ1) is 12.4. The third kappa shape index (κ3) is 2.30. The Morgan fingerprint density at radius 1 is 1.00 bits per heavy atom. The summed E-state index contributed by atoms with van der Waals surface area (Å²) in [5.74, 6) is 1.50. The second kappa shape index (κ2) is 5.08. The van der Waals surface area contributed by atoms with E-state index in [4.69, 9.17) is 9.47 Å². The van der Waals surface area contributed by atoms with Crippen molar-refractivity contribution in [1.29, 1.82) is 0 Å². The highest BCUT2D eigenvalue weighted by Gasteiger charge is 2.11. The summed E-state index contributed by atoms with van der Waals surface area (Å²) < 4.78 is 10.7. The molecule has 0 N–H and O–H groups in total. The van der Waals surface area contributed by atoms with E-state index < -0.39 is 0 Å². The molecule has 2 aromatic rings. The van der Waals surface area contributed by atoms with Gasteiger partial charge in [-0.15, -0.1) is 0 Å². The molecule has 3 nitrogen and oxygen atoms in total. The number of aryl methyl sites for hydroxylation is 2. The topological polar surface area (TPSA) is 31.4 Å². The molecule has 0 radical (unpaired) electrons. The largest absolute Gasteiger partial charge is 0.493 e. The molecule has 0 bridgehead atoms. The monoisotopic (exact) mass is 243 g/mol. The molecular formula is C15H17NO2. The summed E-state index contributed by atoms with van der Waals surface area (Å²) in [5.41, 5.74) is 4.20. The summed E-state index contributed by atoms with van der Waals surface area (Å²) in [5, 5.41) is 0. The average Bonchev–Trinajstić information content (AvgIpc) is 2.37. The second-order valence-corrected chi connectivity index (χ2v) is 4.25. The van der Waals surface area contributed by atoms with E-state index in [0.29, 0.717) is 0 Å². The Hall–Kier alpha value is -2.03. The Balaban J connectivity index is 2.56. The number of rotatable bonds is 3. The fourth-order valence-electron chi connectivity index (χ4n) is 2.00. The van der Waals surface area contributed by atoms with Crippen molar-refractivity contribution in [3.8, 4) is 22.8 Å². The van der Waals surface area contributed by atoms with Crippen LogP contribution < -0.4 is 9.47 Å². The van der Waals surface area contributed by atoms with Crippen LogP contribution in [0.4, 0.5) is 0 Å². The van der Waals surface area contributed by atoms with Gasteiger partial charge >= 0.3 is 0 Å². The zero-order valence-corrected chi connectivity index (χ0v) is 11.2. The number of aromatic nitrogens is 1. The number of hydrogen-bond acceptors (Lipinski definition) is 3. The maximum atomic E-state index is 5.36. The predicted molar refractivity (Wildman–Crippen MR) is 72.3 cm³/mol. The molecular weight excluding hydrogens is 226 g/mol. The van der Waals surface area contributed by atoms with Crippen molar-refractivity contribution in [1.82, 2.24) is 4.98 Å². The van der Waals surface area contributed by atoms with Gasteiger partial charge in [0.2, 0.25) is 0 Å². The summed E-state index contributed by atoms with van der Waals surface area (Å²) in [6, 6.07) is 8.05. The lowest BCUT2D eigenvalue weighted by Crippen LogP contribution is -1.95. The molecule has 3 heteroatoms. The van der Waals surface area contributed by atoms with Gasteiger partial charge in [0.25, 0.3) is 0 Å². The third-order valence-corrected chi connectivity index (χ3v) is 2.88. The van der Waals surface area contributed by atoms with Crippen LogP contribution in [-0.4, -0.2) is 19.2 Å². The van der Waals surface area contributed by atoms with Crippen molar-refractivity contribution in [2.24, 2.45) is 0 Å². The van der Waals surface area contributed by atoms with Crippen molar-refractivity contribution in [3.05, 3.63) is 41.6 Å². The zero-order chi connectivity index (χ0) is 13.1. The minimum atomic E-state index is 0.732. The molecule has 0 unspecified atom stereocenters. The lowest BCUT2D eigenvalue weighted by atomic mass is 10.1. The van der Waals surface area contributed by atoms with E-state index in [-0.39, 0.29) is 0 Å². The average molecular weight is 243 g/mol. The van der Waals surface area contributed by atoms with Crippen LogP contribution in [0.1, 0.15) is 11.1 Å². The third-order valence-electron chi connectivity index (χ3n) is 2.88. The molecule has 0 spiro atoms. The summed E-state index contributed by atoms with van der Waals surface area (Å²) in [6.07, 6.45) is 1.82. The Morgan fingerprint density at radius 3 is 2.39 bits per heavy atom. The molecule has 0 fully saturated rings. The molecule has 0 aliphatic rings. The van der Waals surface area contributed by atoms with Crippen LogP contribution in [0.25, 0.3) is 11.3 Å². The summed E-state index contributed by atoms with van der Waals surface area (Å²) in [4.78, 5) is 4.39. The standard InChI is InChI=1S/C15H17NO2/c1-10-5-6-16-13(7-10)12-8-11(2)15(18-4)14(9-12)17-3/h5-9H,1-4H3. The fourth-order valence-corrected chi connectivity index (χ4v) is 2.00. The molecule has 94 valence electrons. The smallest absolute Gasteiger partial charge is 0.163 e. The van der Waals surface area contributed by atoms with Gasteiger partial charge in [0.1, 0.15) is 0 Å². The molecule has 1 aromatic carbocycles. The van der Waals surface area contributed by atoms with Crippen LogP contribution in [0.2, 0.25) is 0 Å². The number of ether oxygens (including phenoxy) is 2. The van der Waals surface area contributed by atoms with Gasteiger partial charge in [-0.25, -0.2) is 0 Å². The minimum absolute atomic E-state index is 0.732. The van der Waals surface area contributed by atoms with E-state index >= 15 is 0 Å². The van der Waals surface area contributed by atoms with Gasteiger partial charge in [0, 0.05) is 11.8 Å². The first-order valence-corrected chi connectivity index (χ1v) is 5.81. The number of hydrogen-bond donors (Lipinski definition) is 0. The Bertz CT molecular complexity index is 564. The van der Waals surface area contributed by atoms with Crippen LogP contribution in [0, 0.1) is 13.8 Å². The van der Waals surface area contributed by atoms with E-state index in [9.17, 15) is 0 Å². The molecule has 2 rings (SSSR count). The maximum absolute atomic E-state index is 5.36. The van der Waals surface area contributed by atoms with E-state index in [1.165, 1.54) is 5.56 Å². The van der Waals surface area contributed by atoms with Crippen LogP contribution in [-0.2, 0) is 0 Å². The molecule has 0 aliphatic heterocycles. The molecule has 1 heterocycles. The van der Waals surface area contributed by atoms with Crippen molar-refractivity contribution in [2.75, 3.05) is 14.2 Å². The molecule has 0 saturated heterocycles. The highest BCUT2D eigenvalue weighted by Crippen LogP contribution is 2.35. The van der Waals surface area contributed by atoms with Crippen molar-refractivity contribution < 1.29 is 9.47 Å². The molecule has 0 atom stereocenters. The summed E-state index contributed by atoms with van der Waals surface area (Å²) >= 11 is 0. The molecule has 0 amide bonds. The number of benzene rings is 1. The quantitative estimate of drug-likeness (QED) is 0.828. The first-order chi connectivity index (χ1) is 8.65. The van der Waals surface area contributed by atoms with E-state index in [1.807, 2.05) is 25.3 Å². The SMILES string of the molecule is COc1cc(-c2cc(C)ccn2)cc(C)c1OC. The van der Waals surface area contributed by atoms with E-state index in [0.717, 1.165) is 28.3 Å². The van der Waals surface area contributed by atoms with Gasteiger partial charge in [-0.2, -0.15) is 0 Å². The minimum Gasteiger partial charge on any atom is -0.493 e. The van der Waals surface area contributed by atoms with Gasteiger partial charge < -0.3 is 9.47 Å². The van der Waals surface area contributed by atoms with Gasteiger partial charge in [-0.1, -0.05) is 0 Å². The van der Waals surface area contributed by atoms with Crippen LogP contribution in [0.15, 0.2) is 30.5 Å². The summed E-state index contributed by atoms with van der Waals surface area (Å²) in [7, 11) is 3.29. The maximum Gasteiger partial charge on any atom is 0.163 e. The molecule has 18 heavy (non-hydrogen) atoms. The molecule has 0 aliphatic carbocycles. The Kier molecular flexibility index (Phi) is 3.51. The van der Waals surface area contributed by atoms with Crippen molar-refractivity contribution in [2.45, 2.75) is 13.8 Å². The lowest BCUT2D eigenvalue weighted by molar-refractivity contribution is 0.353. The van der Waals surface area contributed by atoms with Crippen LogP contribution in [0.5, 0.6) is 11.5 Å². The normalized spacial score (nSPS) is 10.2. The van der Waals surface area contributed by atoms with Crippen molar-refractivity contribution >= 4 is 0 Å². The Labute approximate surface area is 107 Å². The van der Waals surface area contributed by atoms with Gasteiger partial charge in [-0.3, -0.25) is 4.98 Å². The molecule has 1 aromatic heterocycles. The number of nitrogens with zero attached hydrogens (tertiary/aromatic N) is 1. The zero-order valence-electron chi connectivity index (χ0n) is 11.2. The van der Waals surface area contributed by atoms with Gasteiger partial charge in [0.05, 0.1) is 19.9 Å². The van der Waals surface area contributed by atoms with Gasteiger partial charge in [-0.05, 0) is 49.2 Å². The first-order valence-electron chi connectivity index (χ1n) is 5.81. The summed E-state index contributed by atoms with van der Waals surface area (Å²) in [6.45, 7) is 4.06. The molecule has 0 saturated carbocycles. The van der Waals surface area contributed by atoms with Gasteiger partial charge in [0.15, 0.2) is 11.5 Å². The van der Waals surface area contributed by atoms with Crippen molar-refractivity contribution in [3.63, 3.8) is 0 Å². The second-order valence-electron chi connectivity index (χ2n) is 4.25.